The third kappa shape index (κ3) is 6.61. The largest absolute Gasteiger partial charge is 0.476 e. The molecule has 0 aliphatic carbocycles. The first kappa shape index (κ1) is 20.8. The lowest BCUT2D eigenvalue weighted by molar-refractivity contribution is -0.138. The number of alkyl halides is 3. The third-order valence-corrected chi connectivity index (χ3v) is 3.99. The van der Waals surface area contributed by atoms with Crippen molar-refractivity contribution in [2.24, 2.45) is 4.99 Å². The summed E-state index contributed by atoms with van der Waals surface area (Å²) in [5, 5.41) is 6.40. The molecule has 1 atom stereocenters. The van der Waals surface area contributed by atoms with Gasteiger partial charge in [-0.05, 0) is 19.4 Å². The van der Waals surface area contributed by atoms with Crippen LogP contribution in [0.2, 0.25) is 0 Å². The second kappa shape index (κ2) is 9.43. The van der Waals surface area contributed by atoms with E-state index < -0.39 is 11.7 Å². The van der Waals surface area contributed by atoms with Crippen molar-refractivity contribution in [2.75, 3.05) is 33.3 Å². The number of rotatable bonds is 6. The minimum absolute atomic E-state index is 0.114. The van der Waals surface area contributed by atoms with Crippen LogP contribution >= 0.6 is 0 Å². The molecule has 1 aromatic heterocycles. The van der Waals surface area contributed by atoms with Crippen molar-refractivity contribution in [2.45, 2.75) is 32.0 Å². The standard InChI is InChI=1S/C17H24F3N5O2/c1-3-21-16(24-13-5-7-15(26)25(2)11-13)22-8-9-27-14-6-4-12(10-23-14)17(18,19)20/h4,6,10,13H,3,5,7-9,11H2,1-2H3,(H2,21,22,24). The molecule has 0 spiro atoms. The Labute approximate surface area is 156 Å². The van der Waals surface area contributed by atoms with E-state index in [1.54, 1.807) is 11.9 Å². The van der Waals surface area contributed by atoms with Gasteiger partial charge in [-0.3, -0.25) is 4.79 Å². The van der Waals surface area contributed by atoms with Gasteiger partial charge in [0.15, 0.2) is 5.96 Å². The van der Waals surface area contributed by atoms with Crippen molar-refractivity contribution < 1.29 is 22.7 Å². The van der Waals surface area contributed by atoms with Crippen LogP contribution in [-0.2, 0) is 11.0 Å². The number of nitrogens with one attached hydrogen (secondary N) is 2. The first-order valence-electron chi connectivity index (χ1n) is 8.74. The predicted molar refractivity (Wildman–Crippen MR) is 94.5 cm³/mol. The topological polar surface area (TPSA) is 78.9 Å². The fourth-order valence-corrected chi connectivity index (χ4v) is 2.58. The molecule has 1 aliphatic heterocycles. The van der Waals surface area contributed by atoms with Gasteiger partial charge in [0.25, 0.3) is 0 Å². The van der Waals surface area contributed by atoms with E-state index in [9.17, 15) is 18.0 Å². The van der Waals surface area contributed by atoms with Crippen LogP contribution < -0.4 is 15.4 Å². The van der Waals surface area contributed by atoms with Gasteiger partial charge in [-0.2, -0.15) is 13.2 Å². The van der Waals surface area contributed by atoms with E-state index in [0.29, 0.717) is 32.0 Å². The number of ether oxygens (including phenoxy) is 1. The highest BCUT2D eigenvalue weighted by Crippen LogP contribution is 2.29. The SMILES string of the molecule is CCNC(=NCCOc1ccc(C(F)(F)F)cn1)NC1CCC(=O)N(C)C1. The maximum Gasteiger partial charge on any atom is 0.417 e. The average Bonchev–Trinajstić information content (AvgIpc) is 2.61. The lowest BCUT2D eigenvalue weighted by Crippen LogP contribution is -2.51. The Morgan fingerprint density at radius 1 is 1.44 bits per heavy atom. The Kier molecular flexibility index (Phi) is 7.26. The fourth-order valence-electron chi connectivity index (χ4n) is 2.58. The number of amides is 1. The van der Waals surface area contributed by atoms with E-state index in [1.807, 2.05) is 6.92 Å². The molecule has 150 valence electrons. The molecular weight excluding hydrogens is 363 g/mol. The van der Waals surface area contributed by atoms with E-state index in [4.69, 9.17) is 4.74 Å². The number of halogens is 3. The third-order valence-electron chi connectivity index (χ3n) is 3.99. The van der Waals surface area contributed by atoms with Gasteiger partial charge in [0, 0.05) is 44.9 Å². The number of aliphatic imine (C=N–C) groups is 1. The van der Waals surface area contributed by atoms with Crippen LogP contribution in [0, 0.1) is 0 Å². The molecule has 27 heavy (non-hydrogen) atoms. The zero-order valence-corrected chi connectivity index (χ0v) is 15.3. The maximum absolute atomic E-state index is 12.5. The number of carbonyl (C=O) groups excluding carboxylic acids is 1. The van der Waals surface area contributed by atoms with Crippen LogP contribution in [-0.4, -0.2) is 61.1 Å². The van der Waals surface area contributed by atoms with Crippen molar-refractivity contribution in [3.63, 3.8) is 0 Å². The summed E-state index contributed by atoms with van der Waals surface area (Å²) in [6.45, 7) is 3.71. The predicted octanol–water partition coefficient (Wildman–Crippen LogP) is 1.66. The first-order chi connectivity index (χ1) is 12.8. The quantitative estimate of drug-likeness (QED) is 0.441. The molecule has 1 unspecified atom stereocenters. The molecule has 0 saturated carbocycles. The molecule has 1 fully saturated rings. The van der Waals surface area contributed by atoms with Crippen LogP contribution in [0.5, 0.6) is 5.88 Å². The van der Waals surface area contributed by atoms with Gasteiger partial charge in [0.2, 0.25) is 11.8 Å². The molecule has 1 saturated heterocycles. The minimum atomic E-state index is -4.42. The summed E-state index contributed by atoms with van der Waals surface area (Å²) < 4.78 is 42.8. The van der Waals surface area contributed by atoms with Crippen molar-refractivity contribution in [1.82, 2.24) is 20.5 Å². The van der Waals surface area contributed by atoms with Gasteiger partial charge in [-0.15, -0.1) is 0 Å². The molecule has 0 radical (unpaired) electrons. The van der Waals surface area contributed by atoms with Gasteiger partial charge in [0.05, 0.1) is 12.1 Å². The fraction of sp³-hybridized carbons (Fsp3) is 0.588. The summed E-state index contributed by atoms with van der Waals surface area (Å²) in [4.78, 5) is 21.3. The average molecular weight is 387 g/mol. The zero-order chi connectivity index (χ0) is 19.9. The number of piperidine rings is 1. The smallest absolute Gasteiger partial charge is 0.417 e. The number of carbonyl (C=O) groups is 1. The Morgan fingerprint density at radius 3 is 2.81 bits per heavy atom. The van der Waals surface area contributed by atoms with Crippen molar-refractivity contribution in [3.05, 3.63) is 23.9 Å². The van der Waals surface area contributed by atoms with Crippen LogP contribution in [0.25, 0.3) is 0 Å². The molecule has 1 aromatic rings. The Bertz CT molecular complexity index is 649. The van der Waals surface area contributed by atoms with Gasteiger partial charge in [-0.1, -0.05) is 0 Å². The molecular formula is C17H24F3N5O2. The first-order valence-corrected chi connectivity index (χ1v) is 8.74. The van der Waals surface area contributed by atoms with Crippen LogP contribution in [0.3, 0.4) is 0 Å². The van der Waals surface area contributed by atoms with Crippen LogP contribution in [0.1, 0.15) is 25.3 Å². The number of likely N-dealkylation sites (N-methyl/N-ethyl adjacent to an activating group) is 1. The molecule has 0 bridgehead atoms. The van der Waals surface area contributed by atoms with Crippen LogP contribution in [0.4, 0.5) is 13.2 Å². The molecule has 1 aliphatic rings. The molecule has 10 heteroatoms. The Hall–Kier alpha value is -2.52. The summed E-state index contributed by atoms with van der Waals surface area (Å²) in [7, 11) is 1.77. The molecule has 0 aromatic carbocycles. The zero-order valence-electron chi connectivity index (χ0n) is 15.3. The highest BCUT2D eigenvalue weighted by Gasteiger charge is 2.30. The highest BCUT2D eigenvalue weighted by atomic mass is 19.4. The second-order valence-electron chi connectivity index (χ2n) is 6.15. The Balaban J connectivity index is 1.81. The lowest BCUT2D eigenvalue weighted by atomic mass is 10.1. The van der Waals surface area contributed by atoms with Crippen molar-refractivity contribution in [3.8, 4) is 5.88 Å². The molecule has 2 N–H and O–H groups in total. The molecule has 2 rings (SSSR count). The number of aromatic nitrogens is 1. The second-order valence-corrected chi connectivity index (χ2v) is 6.15. The monoisotopic (exact) mass is 387 g/mol. The summed E-state index contributed by atoms with van der Waals surface area (Å²) in [6, 6.07) is 2.23. The highest BCUT2D eigenvalue weighted by molar-refractivity contribution is 5.81. The van der Waals surface area contributed by atoms with Gasteiger partial charge in [0.1, 0.15) is 6.61 Å². The van der Waals surface area contributed by atoms with Gasteiger partial charge < -0.3 is 20.3 Å². The van der Waals surface area contributed by atoms with Crippen LogP contribution in [0.15, 0.2) is 23.3 Å². The van der Waals surface area contributed by atoms with Crippen molar-refractivity contribution in [1.29, 1.82) is 0 Å². The number of guanidine groups is 1. The minimum Gasteiger partial charge on any atom is -0.476 e. The van der Waals surface area contributed by atoms with Gasteiger partial charge in [-0.25, -0.2) is 9.98 Å². The summed E-state index contributed by atoms with van der Waals surface area (Å²) in [5.74, 6) is 0.852. The number of hydrogen-bond acceptors (Lipinski definition) is 4. The van der Waals surface area contributed by atoms with E-state index in [-0.39, 0.29) is 24.4 Å². The van der Waals surface area contributed by atoms with E-state index in [1.165, 1.54) is 6.07 Å². The lowest BCUT2D eigenvalue weighted by Gasteiger charge is -2.31. The molecule has 2 heterocycles. The summed E-state index contributed by atoms with van der Waals surface area (Å²) in [6.07, 6.45) is -2.44. The van der Waals surface area contributed by atoms with E-state index in [0.717, 1.165) is 18.7 Å². The number of nitrogens with zero attached hydrogens (tertiary/aromatic N) is 3. The normalized spacial score (nSPS) is 18.4. The number of hydrogen-bond donors (Lipinski definition) is 2. The Morgan fingerprint density at radius 2 is 2.22 bits per heavy atom. The van der Waals surface area contributed by atoms with Gasteiger partial charge >= 0.3 is 6.18 Å². The summed E-state index contributed by atoms with van der Waals surface area (Å²) in [5.41, 5.74) is -0.817. The summed E-state index contributed by atoms with van der Waals surface area (Å²) >= 11 is 0. The van der Waals surface area contributed by atoms with E-state index in [2.05, 4.69) is 20.6 Å². The number of pyridine rings is 1. The maximum atomic E-state index is 12.5. The molecule has 1 amide bonds. The molecule has 7 nitrogen and oxygen atoms in total. The number of likely N-dealkylation sites (tertiary alicyclic amines) is 1. The van der Waals surface area contributed by atoms with E-state index >= 15 is 0 Å². The van der Waals surface area contributed by atoms with Crippen molar-refractivity contribution >= 4 is 11.9 Å².